The number of hydrogen-bond acceptors (Lipinski definition) is 3. The molecule has 0 amide bonds. The Kier molecular flexibility index (Phi) is 4.22. The minimum Gasteiger partial charge on any atom is -0.395 e. The molecule has 1 saturated carbocycles. The van der Waals surface area contributed by atoms with E-state index in [9.17, 15) is 5.11 Å². The van der Waals surface area contributed by atoms with Gasteiger partial charge in [-0.3, -0.25) is 0 Å². The molecule has 0 aromatic heterocycles. The molecule has 0 spiro atoms. The Bertz CT molecular complexity index is 216. The van der Waals surface area contributed by atoms with E-state index in [1.165, 1.54) is 32.4 Å². The molecular weight excluding hydrogens is 200 g/mol. The first-order valence-corrected chi connectivity index (χ1v) is 6.78. The highest BCUT2D eigenvalue weighted by Gasteiger charge is 2.29. The summed E-state index contributed by atoms with van der Waals surface area (Å²) >= 11 is 0. The van der Waals surface area contributed by atoms with Gasteiger partial charge in [0.1, 0.15) is 0 Å². The summed E-state index contributed by atoms with van der Waals surface area (Å²) in [6.45, 7) is 8.38. The zero-order chi connectivity index (χ0) is 11.5. The summed E-state index contributed by atoms with van der Waals surface area (Å²) in [6.07, 6.45) is 3.93. The maximum Gasteiger partial charge on any atom is 0.0597 e. The van der Waals surface area contributed by atoms with Crippen LogP contribution in [0.1, 0.15) is 33.1 Å². The van der Waals surface area contributed by atoms with E-state index in [4.69, 9.17) is 0 Å². The molecule has 1 aliphatic heterocycles. The molecule has 2 unspecified atom stereocenters. The van der Waals surface area contributed by atoms with Crippen LogP contribution < -0.4 is 5.32 Å². The maximum atomic E-state index is 9.35. The molecule has 2 fully saturated rings. The summed E-state index contributed by atoms with van der Waals surface area (Å²) in [5, 5.41) is 12.9. The molecule has 0 bridgehead atoms. The molecule has 0 radical (unpaired) electrons. The predicted molar refractivity (Wildman–Crippen MR) is 66.4 cm³/mol. The van der Waals surface area contributed by atoms with Gasteiger partial charge in [-0.1, -0.05) is 13.8 Å². The minimum absolute atomic E-state index is 0.277. The van der Waals surface area contributed by atoms with Gasteiger partial charge in [0.15, 0.2) is 0 Å². The van der Waals surface area contributed by atoms with Crippen LogP contribution in [-0.2, 0) is 0 Å². The molecule has 16 heavy (non-hydrogen) atoms. The van der Waals surface area contributed by atoms with Gasteiger partial charge < -0.3 is 15.3 Å². The molecule has 1 heterocycles. The van der Waals surface area contributed by atoms with Crippen LogP contribution in [0, 0.1) is 11.8 Å². The van der Waals surface area contributed by atoms with E-state index >= 15 is 0 Å². The number of aliphatic hydroxyl groups is 1. The van der Waals surface area contributed by atoms with E-state index in [0.717, 1.165) is 18.4 Å². The van der Waals surface area contributed by atoms with E-state index in [-0.39, 0.29) is 6.61 Å². The summed E-state index contributed by atoms with van der Waals surface area (Å²) in [5.41, 5.74) is 0. The van der Waals surface area contributed by atoms with Crippen molar-refractivity contribution in [3.8, 4) is 0 Å². The highest BCUT2D eigenvalue weighted by atomic mass is 16.3. The summed E-state index contributed by atoms with van der Waals surface area (Å²) in [4.78, 5) is 2.51. The molecule has 1 aliphatic carbocycles. The summed E-state index contributed by atoms with van der Waals surface area (Å²) < 4.78 is 0. The molecule has 2 atom stereocenters. The molecule has 0 aromatic carbocycles. The van der Waals surface area contributed by atoms with Crippen LogP contribution in [0.3, 0.4) is 0 Å². The van der Waals surface area contributed by atoms with Gasteiger partial charge in [0, 0.05) is 25.2 Å². The highest BCUT2D eigenvalue weighted by Crippen LogP contribution is 2.24. The quantitative estimate of drug-likeness (QED) is 0.711. The third-order valence-corrected chi connectivity index (χ3v) is 4.00. The fourth-order valence-electron chi connectivity index (χ4n) is 2.63. The van der Waals surface area contributed by atoms with Gasteiger partial charge in [-0.05, 0) is 37.6 Å². The Hall–Kier alpha value is -0.120. The first-order valence-electron chi connectivity index (χ1n) is 6.78. The average Bonchev–Trinajstić information content (AvgIpc) is 2.93. The molecule has 3 nitrogen and oxygen atoms in total. The van der Waals surface area contributed by atoms with E-state index < -0.39 is 0 Å². The highest BCUT2D eigenvalue weighted by molar-refractivity contribution is 4.87. The molecule has 3 heteroatoms. The first kappa shape index (κ1) is 12.3. The molecule has 0 aromatic rings. The lowest BCUT2D eigenvalue weighted by atomic mass is 9.95. The summed E-state index contributed by atoms with van der Waals surface area (Å²) in [6, 6.07) is 0.985. The van der Waals surface area contributed by atoms with E-state index in [1.807, 2.05) is 0 Å². The monoisotopic (exact) mass is 226 g/mol. The van der Waals surface area contributed by atoms with Crippen LogP contribution in [-0.4, -0.2) is 48.3 Å². The van der Waals surface area contributed by atoms with Crippen molar-refractivity contribution in [3.63, 3.8) is 0 Å². The van der Waals surface area contributed by atoms with Crippen molar-refractivity contribution in [2.75, 3.05) is 26.2 Å². The summed E-state index contributed by atoms with van der Waals surface area (Å²) in [7, 11) is 0. The lowest BCUT2D eigenvalue weighted by Gasteiger charge is -2.24. The molecule has 2 aliphatic rings. The number of aliphatic hydroxyl groups excluding tert-OH is 1. The fourth-order valence-corrected chi connectivity index (χ4v) is 2.63. The number of hydrogen-bond donors (Lipinski definition) is 2. The third kappa shape index (κ3) is 3.44. The van der Waals surface area contributed by atoms with Crippen LogP contribution in [0.2, 0.25) is 0 Å². The van der Waals surface area contributed by atoms with Crippen LogP contribution in [0.5, 0.6) is 0 Å². The van der Waals surface area contributed by atoms with Crippen molar-refractivity contribution < 1.29 is 5.11 Å². The van der Waals surface area contributed by atoms with Crippen molar-refractivity contribution in [1.29, 1.82) is 0 Å². The molecule has 94 valence electrons. The number of rotatable bonds is 6. The van der Waals surface area contributed by atoms with Crippen LogP contribution in [0.4, 0.5) is 0 Å². The Morgan fingerprint density at radius 2 is 2.06 bits per heavy atom. The number of likely N-dealkylation sites (tertiary alicyclic amines) is 1. The smallest absolute Gasteiger partial charge is 0.0597 e. The zero-order valence-electron chi connectivity index (χ0n) is 10.7. The second-order valence-electron chi connectivity index (χ2n) is 5.87. The van der Waals surface area contributed by atoms with Crippen molar-refractivity contribution in [1.82, 2.24) is 10.2 Å². The Morgan fingerprint density at radius 3 is 2.56 bits per heavy atom. The van der Waals surface area contributed by atoms with Crippen LogP contribution in [0.25, 0.3) is 0 Å². The van der Waals surface area contributed by atoms with Gasteiger partial charge in [-0.2, -0.15) is 0 Å². The lowest BCUT2D eigenvalue weighted by Crippen LogP contribution is -2.43. The van der Waals surface area contributed by atoms with Crippen molar-refractivity contribution >= 4 is 0 Å². The van der Waals surface area contributed by atoms with Gasteiger partial charge in [0.05, 0.1) is 6.61 Å². The predicted octanol–water partition coefficient (Wildman–Crippen LogP) is 1.08. The van der Waals surface area contributed by atoms with Crippen molar-refractivity contribution in [2.24, 2.45) is 11.8 Å². The zero-order valence-corrected chi connectivity index (χ0v) is 10.7. The standard InChI is InChI=1S/C13H26N2O/c1-10(2)11-5-6-15(7-11)8-13(9-16)14-12-3-4-12/h10-14,16H,3-9H2,1-2H3. The third-order valence-electron chi connectivity index (χ3n) is 4.00. The topological polar surface area (TPSA) is 35.5 Å². The van der Waals surface area contributed by atoms with Crippen LogP contribution in [0.15, 0.2) is 0 Å². The fraction of sp³-hybridized carbons (Fsp3) is 1.00. The largest absolute Gasteiger partial charge is 0.395 e. The summed E-state index contributed by atoms with van der Waals surface area (Å²) in [5.74, 6) is 1.66. The molecule has 2 N–H and O–H groups in total. The molecule has 2 rings (SSSR count). The Labute approximate surface area is 99.2 Å². The van der Waals surface area contributed by atoms with Crippen molar-refractivity contribution in [3.05, 3.63) is 0 Å². The average molecular weight is 226 g/mol. The van der Waals surface area contributed by atoms with E-state index in [1.54, 1.807) is 0 Å². The van der Waals surface area contributed by atoms with E-state index in [2.05, 4.69) is 24.1 Å². The normalized spacial score (nSPS) is 28.9. The van der Waals surface area contributed by atoms with Gasteiger partial charge in [0.2, 0.25) is 0 Å². The number of nitrogens with zero attached hydrogens (tertiary/aromatic N) is 1. The van der Waals surface area contributed by atoms with Gasteiger partial charge in [-0.15, -0.1) is 0 Å². The molecular formula is C13H26N2O. The number of nitrogens with one attached hydrogen (secondary N) is 1. The second-order valence-corrected chi connectivity index (χ2v) is 5.87. The van der Waals surface area contributed by atoms with Gasteiger partial charge in [-0.25, -0.2) is 0 Å². The Morgan fingerprint density at radius 1 is 1.31 bits per heavy atom. The second kappa shape index (κ2) is 5.48. The maximum absolute atomic E-state index is 9.35. The van der Waals surface area contributed by atoms with E-state index in [0.29, 0.717) is 12.1 Å². The minimum atomic E-state index is 0.277. The first-order chi connectivity index (χ1) is 7.69. The molecule has 1 saturated heterocycles. The van der Waals surface area contributed by atoms with Crippen molar-refractivity contribution in [2.45, 2.75) is 45.2 Å². The Balaban J connectivity index is 1.71. The van der Waals surface area contributed by atoms with Gasteiger partial charge >= 0.3 is 0 Å². The SMILES string of the molecule is CC(C)C1CCN(CC(CO)NC2CC2)C1. The lowest BCUT2D eigenvalue weighted by molar-refractivity contribution is 0.192. The van der Waals surface area contributed by atoms with Gasteiger partial charge in [0.25, 0.3) is 0 Å². The van der Waals surface area contributed by atoms with Crippen LogP contribution >= 0.6 is 0 Å².